The van der Waals surface area contributed by atoms with Crippen LogP contribution in [0.2, 0.25) is 0 Å². The number of nitrogens with zero attached hydrogens (tertiary/aromatic N) is 1. The van der Waals surface area contributed by atoms with Crippen LogP contribution in [0.1, 0.15) is 11.3 Å². The maximum Gasteiger partial charge on any atom is 0.138 e. The van der Waals surface area contributed by atoms with Crippen molar-refractivity contribution < 1.29 is 0 Å². The lowest BCUT2D eigenvalue weighted by molar-refractivity contribution is 1.26. The molecule has 1 aromatic heterocycles. The number of hydrogen-bond donors (Lipinski definition) is 1. The molecule has 0 saturated carbocycles. The zero-order chi connectivity index (χ0) is 15.8. The molecule has 0 saturated heterocycles. The van der Waals surface area contributed by atoms with Crippen LogP contribution in [0, 0.1) is 13.8 Å². The molecule has 0 spiro atoms. The molecule has 112 valence electrons. The second-order valence-corrected chi connectivity index (χ2v) is 5.95. The first-order valence-electron chi connectivity index (χ1n) is 7.84. The van der Waals surface area contributed by atoms with Crippen LogP contribution in [0.15, 0.2) is 66.7 Å². The van der Waals surface area contributed by atoms with Gasteiger partial charge in [0, 0.05) is 16.8 Å². The molecule has 0 unspecified atom stereocenters. The van der Waals surface area contributed by atoms with E-state index in [0.29, 0.717) is 0 Å². The summed E-state index contributed by atoms with van der Waals surface area (Å²) < 4.78 is 0. The fraction of sp³-hybridized carbons (Fsp3) is 0.0952. The molecule has 0 aliphatic rings. The normalized spacial score (nSPS) is 11.0. The van der Waals surface area contributed by atoms with Gasteiger partial charge >= 0.3 is 0 Å². The zero-order valence-corrected chi connectivity index (χ0v) is 13.3. The number of imidazole rings is 1. The number of aryl methyl sites for hydroxylation is 2. The third-order valence-electron chi connectivity index (χ3n) is 4.25. The van der Waals surface area contributed by atoms with Crippen molar-refractivity contribution in [2.75, 3.05) is 0 Å². The van der Waals surface area contributed by atoms with Crippen molar-refractivity contribution in [3.8, 4) is 22.6 Å². The first-order valence-corrected chi connectivity index (χ1v) is 7.84. The summed E-state index contributed by atoms with van der Waals surface area (Å²) in [5, 5.41) is 2.45. The molecule has 0 fully saturated rings. The Balaban J connectivity index is 1.87. The number of hydrogen-bond acceptors (Lipinski definition) is 1. The van der Waals surface area contributed by atoms with Crippen LogP contribution >= 0.6 is 0 Å². The standard InChI is InChI=1S/C21H18N2/c1-14-10-12-17(13-11-14)20-15(2)22-21(23-20)19-9-5-7-16-6-3-4-8-18(16)19/h3-13H,1-2H3,(H,22,23). The van der Waals surface area contributed by atoms with Crippen LogP contribution in [-0.2, 0) is 0 Å². The molecule has 2 heteroatoms. The van der Waals surface area contributed by atoms with E-state index in [4.69, 9.17) is 4.98 Å². The number of fused-ring (bicyclic) bond motifs is 1. The van der Waals surface area contributed by atoms with E-state index < -0.39 is 0 Å². The van der Waals surface area contributed by atoms with Gasteiger partial charge in [-0.3, -0.25) is 0 Å². The lowest BCUT2D eigenvalue weighted by atomic mass is 10.0. The van der Waals surface area contributed by atoms with E-state index >= 15 is 0 Å². The van der Waals surface area contributed by atoms with E-state index in [1.807, 2.05) is 0 Å². The Morgan fingerprint density at radius 1 is 0.783 bits per heavy atom. The molecule has 4 aromatic rings. The van der Waals surface area contributed by atoms with Crippen LogP contribution < -0.4 is 0 Å². The Morgan fingerprint density at radius 2 is 1.52 bits per heavy atom. The molecule has 1 N–H and O–H groups in total. The smallest absolute Gasteiger partial charge is 0.138 e. The highest BCUT2D eigenvalue weighted by atomic mass is 14.9. The second kappa shape index (κ2) is 5.40. The molecule has 4 rings (SSSR count). The lowest BCUT2D eigenvalue weighted by Crippen LogP contribution is -1.84. The van der Waals surface area contributed by atoms with E-state index in [1.54, 1.807) is 0 Å². The van der Waals surface area contributed by atoms with Gasteiger partial charge in [0.05, 0.1) is 5.69 Å². The summed E-state index contributed by atoms with van der Waals surface area (Å²) in [5.74, 6) is 0.926. The average Bonchev–Trinajstić information content (AvgIpc) is 2.97. The minimum Gasteiger partial charge on any atom is -0.342 e. The van der Waals surface area contributed by atoms with Crippen LogP contribution in [0.5, 0.6) is 0 Å². The highest BCUT2D eigenvalue weighted by molar-refractivity contribution is 5.95. The summed E-state index contributed by atoms with van der Waals surface area (Å²) in [6.07, 6.45) is 0. The Morgan fingerprint density at radius 3 is 2.35 bits per heavy atom. The summed E-state index contributed by atoms with van der Waals surface area (Å²) in [4.78, 5) is 8.33. The number of aromatic amines is 1. The van der Waals surface area contributed by atoms with Gasteiger partial charge in [-0.15, -0.1) is 0 Å². The Labute approximate surface area is 135 Å². The van der Waals surface area contributed by atoms with Crippen LogP contribution in [0.3, 0.4) is 0 Å². The van der Waals surface area contributed by atoms with Gasteiger partial charge in [-0.1, -0.05) is 72.3 Å². The van der Waals surface area contributed by atoms with Gasteiger partial charge in [0.1, 0.15) is 5.82 Å². The van der Waals surface area contributed by atoms with Gasteiger partial charge < -0.3 is 4.98 Å². The zero-order valence-electron chi connectivity index (χ0n) is 13.3. The number of H-pyrrole nitrogens is 1. The van der Waals surface area contributed by atoms with Gasteiger partial charge in [-0.05, 0) is 24.6 Å². The van der Waals surface area contributed by atoms with E-state index in [1.165, 1.54) is 16.3 Å². The van der Waals surface area contributed by atoms with E-state index in [2.05, 4.69) is 85.6 Å². The molecule has 0 amide bonds. The molecule has 0 radical (unpaired) electrons. The average molecular weight is 298 g/mol. The van der Waals surface area contributed by atoms with Crippen LogP contribution in [-0.4, -0.2) is 9.97 Å². The molecule has 0 aliphatic carbocycles. The van der Waals surface area contributed by atoms with Crippen molar-refractivity contribution in [1.29, 1.82) is 0 Å². The summed E-state index contributed by atoms with van der Waals surface area (Å²) in [7, 11) is 0. The monoisotopic (exact) mass is 298 g/mol. The lowest BCUT2D eigenvalue weighted by Gasteiger charge is -2.03. The van der Waals surface area contributed by atoms with Crippen LogP contribution in [0.25, 0.3) is 33.4 Å². The molecule has 1 heterocycles. The summed E-state index contributed by atoms with van der Waals surface area (Å²) in [6, 6.07) is 23.3. The minimum atomic E-state index is 0.926. The van der Waals surface area contributed by atoms with E-state index in [9.17, 15) is 0 Å². The van der Waals surface area contributed by atoms with Gasteiger partial charge in [0.2, 0.25) is 0 Å². The third-order valence-corrected chi connectivity index (χ3v) is 4.25. The molecular weight excluding hydrogens is 280 g/mol. The number of aromatic nitrogens is 2. The largest absolute Gasteiger partial charge is 0.342 e. The van der Waals surface area contributed by atoms with E-state index in [-0.39, 0.29) is 0 Å². The highest BCUT2D eigenvalue weighted by Crippen LogP contribution is 2.30. The molecule has 0 atom stereocenters. The predicted octanol–water partition coefficient (Wildman–Crippen LogP) is 5.51. The molecule has 2 nitrogen and oxygen atoms in total. The van der Waals surface area contributed by atoms with Crippen molar-refractivity contribution in [2.45, 2.75) is 13.8 Å². The van der Waals surface area contributed by atoms with Crippen LogP contribution in [0.4, 0.5) is 0 Å². The van der Waals surface area contributed by atoms with E-state index in [0.717, 1.165) is 28.3 Å². The van der Waals surface area contributed by atoms with Crippen molar-refractivity contribution in [1.82, 2.24) is 9.97 Å². The van der Waals surface area contributed by atoms with Crippen molar-refractivity contribution in [3.05, 3.63) is 78.0 Å². The molecule has 0 aliphatic heterocycles. The SMILES string of the molecule is Cc1ccc(-c2nc(-c3cccc4ccccc34)[nH]c2C)cc1. The quantitative estimate of drug-likeness (QED) is 0.519. The second-order valence-electron chi connectivity index (χ2n) is 5.95. The predicted molar refractivity (Wildman–Crippen MR) is 96.4 cm³/mol. The summed E-state index contributed by atoms with van der Waals surface area (Å²) in [5.41, 5.74) is 5.67. The first-order chi connectivity index (χ1) is 11.2. The number of rotatable bonds is 2. The Kier molecular flexibility index (Phi) is 3.23. The fourth-order valence-electron chi connectivity index (χ4n) is 3.01. The van der Waals surface area contributed by atoms with Crippen molar-refractivity contribution in [2.24, 2.45) is 0 Å². The molecular formula is C21H18N2. The molecule has 23 heavy (non-hydrogen) atoms. The van der Waals surface area contributed by atoms with Gasteiger partial charge in [-0.2, -0.15) is 0 Å². The first kappa shape index (κ1) is 13.8. The minimum absolute atomic E-state index is 0.926. The highest BCUT2D eigenvalue weighted by Gasteiger charge is 2.12. The summed E-state index contributed by atoms with van der Waals surface area (Å²) >= 11 is 0. The van der Waals surface area contributed by atoms with Gasteiger partial charge in [-0.25, -0.2) is 4.98 Å². The third kappa shape index (κ3) is 2.42. The fourth-order valence-corrected chi connectivity index (χ4v) is 3.01. The maximum atomic E-state index is 4.87. The molecule has 0 bridgehead atoms. The molecule has 3 aromatic carbocycles. The Bertz CT molecular complexity index is 973. The Hall–Kier alpha value is -2.87. The summed E-state index contributed by atoms with van der Waals surface area (Å²) in [6.45, 7) is 4.18. The topological polar surface area (TPSA) is 28.7 Å². The maximum absolute atomic E-state index is 4.87. The number of benzene rings is 3. The number of nitrogens with one attached hydrogen (secondary N) is 1. The van der Waals surface area contributed by atoms with Crippen molar-refractivity contribution >= 4 is 10.8 Å². The van der Waals surface area contributed by atoms with Crippen molar-refractivity contribution in [3.63, 3.8) is 0 Å². The van der Waals surface area contributed by atoms with Gasteiger partial charge in [0.25, 0.3) is 0 Å². The van der Waals surface area contributed by atoms with Gasteiger partial charge in [0.15, 0.2) is 0 Å².